The molecule has 1 aliphatic rings. The number of rotatable bonds is 6. The van der Waals surface area contributed by atoms with Crippen LogP contribution in [0.2, 0.25) is 0 Å². The van der Waals surface area contributed by atoms with Crippen LogP contribution in [0.4, 0.5) is 5.69 Å². The summed E-state index contributed by atoms with van der Waals surface area (Å²) in [6, 6.07) is 8.31. The lowest BCUT2D eigenvalue weighted by Gasteiger charge is -2.29. The van der Waals surface area contributed by atoms with E-state index in [0.717, 1.165) is 11.6 Å². The van der Waals surface area contributed by atoms with Crippen LogP contribution < -0.4 is 10.6 Å². The molecule has 0 aromatic heterocycles. The molecule has 21 heavy (non-hydrogen) atoms. The second-order valence-corrected chi connectivity index (χ2v) is 5.85. The molecule has 0 aliphatic heterocycles. The fraction of sp³-hybridized carbons (Fsp3) is 0.500. The van der Waals surface area contributed by atoms with Gasteiger partial charge < -0.3 is 10.6 Å². The summed E-state index contributed by atoms with van der Waals surface area (Å²) in [5.74, 6) is 0.865. The Labute approximate surface area is 127 Å². The van der Waals surface area contributed by atoms with Crippen molar-refractivity contribution in [1.82, 2.24) is 5.32 Å². The van der Waals surface area contributed by atoms with E-state index in [0.29, 0.717) is 18.2 Å². The van der Waals surface area contributed by atoms with Gasteiger partial charge in [-0.1, -0.05) is 19.4 Å². The van der Waals surface area contributed by atoms with E-state index in [4.69, 9.17) is 0 Å². The zero-order valence-corrected chi connectivity index (χ0v) is 12.9. The van der Waals surface area contributed by atoms with Crippen molar-refractivity contribution in [2.45, 2.75) is 45.1 Å². The van der Waals surface area contributed by atoms with Crippen molar-refractivity contribution in [3.8, 4) is 0 Å². The number of hydrogen-bond donors (Lipinski definition) is 2. The largest absolute Gasteiger partial charge is 0.382 e. The Morgan fingerprint density at radius 3 is 2.48 bits per heavy atom. The third-order valence-electron chi connectivity index (χ3n) is 4.35. The lowest BCUT2D eigenvalue weighted by Crippen LogP contribution is -2.26. The van der Waals surface area contributed by atoms with Gasteiger partial charge in [-0.2, -0.15) is 0 Å². The van der Waals surface area contributed by atoms with E-state index in [1.165, 1.54) is 32.1 Å². The first-order valence-corrected chi connectivity index (χ1v) is 7.98. The van der Waals surface area contributed by atoms with E-state index < -0.39 is 0 Å². The van der Waals surface area contributed by atoms with Gasteiger partial charge in [0.05, 0.1) is 0 Å². The molecule has 1 fully saturated rings. The second-order valence-electron chi connectivity index (χ2n) is 5.85. The molecular weight excluding hydrogens is 260 g/mol. The number of anilines is 1. The Kier molecular flexibility index (Phi) is 5.85. The molecule has 0 radical (unpaired) electrons. The molecule has 0 bridgehead atoms. The topological polar surface area (TPSA) is 41.1 Å². The quantitative estimate of drug-likeness (QED) is 0.777. The molecule has 2 N–H and O–H groups in total. The van der Waals surface area contributed by atoms with Gasteiger partial charge in [0.15, 0.2) is 0 Å². The van der Waals surface area contributed by atoms with E-state index in [-0.39, 0.29) is 5.91 Å². The van der Waals surface area contributed by atoms with Gasteiger partial charge in [0.1, 0.15) is 0 Å². The molecule has 1 aliphatic carbocycles. The van der Waals surface area contributed by atoms with Crippen LogP contribution in [0.25, 0.3) is 0 Å². The molecule has 1 amide bonds. The Balaban J connectivity index is 1.85. The first kappa shape index (κ1) is 15.6. The fourth-order valence-electron chi connectivity index (χ4n) is 2.94. The zero-order valence-electron chi connectivity index (χ0n) is 12.9. The van der Waals surface area contributed by atoms with Crippen molar-refractivity contribution >= 4 is 11.6 Å². The van der Waals surface area contributed by atoms with Gasteiger partial charge >= 0.3 is 0 Å². The fourth-order valence-corrected chi connectivity index (χ4v) is 2.94. The molecule has 3 nitrogen and oxygen atoms in total. The van der Waals surface area contributed by atoms with Crippen LogP contribution in [0.3, 0.4) is 0 Å². The first-order chi connectivity index (χ1) is 10.2. The van der Waals surface area contributed by atoms with Crippen LogP contribution in [-0.2, 0) is 0 Å². The molecule has 0 spiro atoms. The number of amides is 1. The summed E-state index contributed by atoms with van der Waals surface area (Å²) >= 11 is 0. The third kappa shape index (κ3) is 4.62. The summed E-state index contributed by atoms with van der Waals surface area (Å²) in [7, 11) is 0. The van der Waals surface area contributed by atoms with Gasteiger partial charge in [0.25, 0.3) is 5.91 Å². The van der Waals surface area contributed by atoms with Gasteiger partial charge in [-0.15, -0.1) is 6.58 Å². The van der Waals surface area contributed by atoms with E-state index in [2.05, 4.69) is 24.1 Å². The van der Waals surface area contributed by atoms with Gasteiger partial charge in [-0.3, -0.25) is 4.79 Å². The molecule has 0 unspecified atom stereocenters. The molecule has 2 rings (SSSR count). The highest BCUT2D eigenvalue weighted by atomic mass is 16.1. The molecule has 1 saturated carbocycles. The monoisotopic (exact) mass is 286 g/mol. The molecule has 3 heteroatoms. The van der Waals surface area contributed by atoms with Crippen LogP contribution in [0.1, 0.15) is 49.4 Å². The minimum atomic E-state index is -0.0510. The highest BCUT2D eigenvalue weighted by Gasteiger charge is 2.19. The Morgan fingerprint density at radius 1 is 1.24 bits per heavy atom. The minimum absolute atomic E-state index is 0.0510. The first-order valence-electron chi connectivity index (χ1n) is 7.98. The summed E-state index contributed by atoms with van der Waals surface area (Å²) in [6.07, 6.45) is 8.15. The molecule has 114 valence electrons. The maximum absolute atomic E-state index is 11.8. The molecule has 1 aromatic carbocycles. The van der Waals surface area contributed by atoms with Gasteiger partial charge in [-0.05, 0) is 55.9 Å². The summed E-state index contributed by atoms with van der Waals surface area (Å²) in [6.45, 7) is 6.38. The van der Waals surface area contributed by atoms with E-state index in [1.807, 2.05) is 24.3 Å². The van der Waals surface area contributed by atoms with Crippen LogP contribution in [-0.4, -0.2) is 18.5 Å². The minimum Gasteiger partial charge on any atom is -0.382 e. The highest BCUT2D eigenvalue weighted by Crippen LogP contribution is 2.28. The molecule has 1 aromatic rings. The van der Waals surface area contributed by atoms with Gasteiger partial charge in [-0.25, -0.2) is 0 Å². The van der Waals surface area contributed by atoms with Crippen LogP contribution in [0.15, 0.2) is 36.9 Å². The van der Waals surface area contributed by atoms with Gasteiger partial charge in [0.2, 0.25) is 0 Å². The SMILES string of the molecule is C=CCNC(=O)c1ccc(NC2CCC(CC)CC2)cc1. The van der Waals surface area contributed by atoms with Crippen molar-refractivity contribution in [3.05, 3.63) is 42.5 Å². The second kappa shape index (κ2) is 7.87. The van der Waals surface area contributed by atoms with E-state index >= 15 is 0 Å². The van der Waals surface area contributed by atoms with Crippen molar-refractivity contribution < 1.29 is 4.79 Å². The smallest absolute Gasteiger partial charge is 0.251 e. The van der Waals surface area contributed by atoms with Crippen LogP contribution in [0, 0.1) is 5.92 Å². The summed E-state index contributed by atoms with van der Waals surface area (Å²) in [4.78, 5) is 11.8. The third-order valence-corrected chi connectivity index (χ3v) is 4.35. The normalized spacial score (nSPS) is 21.6. The number of carbonyl (C=O) groups excluding carboxylic acids is 1. The van der Waals surface area contributed by atoms with Crippen molar-refractivity contribution in [3.63, 3.8) is 0 Å². The molecule has 0 saturated heterocycles. The number of benzene rings is 1. The van der Waals surface area contributed by atoms with Crippen molar-refractivity contribution in [2.75, 3.05) is 11.9 Å². The van der Waals surface area contributed by atoms with Crippen LogP contribution >= 0.6 is 0 Å². The lowest BCUT2D eigenvalue weighted by molar-refractivity contribution is 0.0958. The Hall–Kier alpha value is -1.77. The Morgan fingerprint density at radius 2 is 1.90 bits per heavy atom. The molecule has 0 atom stereocenters. The number of hydrogen-bond acceptors (Lipinski definition) is 2. The molecule has 0 heterocycles. The summed E-state index contributed by atoms with van der Waals surface area (Å²) in [5.41, 5.74) is 1.80. The maximum Gasteiger partial charge on any atom is 0.251 e. The predicted octanol–water partition coefficient (Wildman–Crippen LogP) is 3.98. The van der Waals surface area contributed by atoms with Crippen molar-refractivity contribution in [1.29, 1.82) is 0 Å². The Bertz CT molecular complexity index is 459. The van der Waals surface area contributed by atoms with Crippen molar-refractivity contribution in [2.24, 2.45) is 5.92 Å². The molecular formula is C18H26N2O. The summed E-state index contributed by atoms with van der Waals surface area (Å²) < 4.78 is 0. The number of carbonyl (C=O) groups is 1. The average molecular weight is 286 g/mol. The zero-order chi connectivity index (χ0) is 15.1. The standard InChI is InChI=1S/C18H26N2O/c1-3-13-19-18(21)15-7-11-17(12-8-15)20-16-9-5-14(4-2)6-10-16/h3,7-8,11-12,14,16,20H,1,4-6,9-10,13H2,2H3,(H,19,21). The highest BCUT2D eigenvalue weighted by molar-refractivity contribution is 5.94. The van der Waals surface area contributed by atoms with E-state index in [9.17, 15) is 4.79 Å². The van der Waals surface area contributed by atoms with Gasteiger partial charge in [0, 0.05) is 23.8 Å². The lowest BCUT2D eigenvalue weighted by atomic mass is 9.84. The summed E-state index contributed by atoms with van der Waals surface area (Å²) in [5, 5.41) is 6.37. The predicted molar refractivity (Wildman–Crippen MR) is 88.6 cm³/mol. The van der Waals surface area contributed by atoms with Crippen LogP contribution in [0.5, 0.6) is 0 Å². The maximum atomic E-state index is 11.8. The number of nitrogens with one attached hydrogen (secondary N) is 2. The van der Waals surface area contributed by atoms with E-state index in [1.54, 1.807) is 6.08 Å². The average Bonchev–Trinajstić information content (AvgIpc) is 2.54.